The molecule has 0 radical (unpaired) electrons. The SMILES string of the molecule is CCCNC1CC(OC(C)CC)C1(C)C. The normalized spacial score (nSPS) is 31.0. The Morgan fingerprint density at radius 3 is 2.53 bits per heavy atom. The van der Waals surface area contributed by atoms with E-state index in [1.807, 2.05) is 0 Å². The van der Waals surface area contributed by atoms with Crippen molar-refractivity contribution >= 4 is 0 Å². The Balaban J connectivity index is 2.34. The summed E-state index contributed by atoms with van der Waals surface area (Å²) in [4.78, 5) is 0. The van der Waals surface area contributed by atoms with Gasteiger partial charge in [0.2, 0.25) is 0 Å². The molecule has 2 nitrogen and oxygen atoms in total. The molecule has 0 amide bonds. The van der Waals surface area contributed by atoms with Gasteiger partial charge in [-0.25, -0.2) is 0 Å². The third-order valence-corrected chi connectivity index (χ3v) is 3.79. The first-order valence-electron chi connectivity index (χ1n) is 6.41. The van der Waals surface area contributed by atoms with E-state index >= 15 is 0 Å². The number of hydrogen-bond acceptors (Lipinski definition) is 2. The fourth-order valence-corrected chi connectivity index (χ4v) is 2.16. The summed E-state index contributed by atoms with van der Waals surface area (Å²) in [7, 11) is 0. The van der Waals surface area contributed by atoms with E-state index in [-0.39, 0.29) is 0 Å². The molecule has 0 heterocycles. The highest BCUT2D eigenvalue weighted by atomic mass is 16.5. The van der Waals surface area contributed by atoms with Crippen molar-refractivity contribution in [3.8, 4) is 0 Å². The van der Waals surface area contributed by atoms with E-state index in [1.165, 1.54) is 12.8 Å². The van der Waals surface area contributed by atoms with E-state index in [4.69, 9.17) is 4.74 Å². The maximum atomic E-state index is 6.02. The molecule has 3 atom stereocenters. The minimum Gasteiger partial charge on any atom is -0.375 e. The van der Waals surface area contributed by atoms with E-state index in [9.17, 15) is 0 Å². The molecule has 3 unspecified atom stereocenters. The number of hydrogen-bond donors (Lipinski definition) is 1. The zero-order chi connectivity index (χ0) is 11.5. The highest BCUT2D eigenvalue weighted by Gasteiger charge is 2.48. The lowest BCUT2D eigenvalue weighted by Crippen LogP contribution is -2.61. The van der Waals surface area contributed by atoms with Gasteiger partial charge in [-0.2, -0.15) is 0 Å². The summed E-state index contributed by atoms with van der Waals surface area (Å²) in [6, 6.07) is 0.645. The van der Waals surface area contributed by atoms with Gasteiger partial charge in [-0.15, -0.1) is 0 Å². The Morgan fingerprint density at radius 1 is 1.40 bits per heavy atom. The lowest BCUT2D eigenvalue weighted by atomic mass is 9.64. The molecular weight excluding hydrogens is 186 g/mol. The molecule has 1 rings (SSSR count). The maximum absolute atomic E-state index is 6.02. The third-order valence-electron chi connectivity index (χ3n) is 3.79. The molecule has 90 valence electrons. The Hall–Kier alpha value is -0.0800. The van der Waals surface area contributed by atoms with Crippen LogP contribution in [0.2, 0.25) is 0 Å². The molecule has 1 aliphatic rings. The van der Waals surface area contributed by atoms with Crippen LogP contribution in [0, 0.1) is 5.41 Å². The standard InChI is InChI=1S/C13H27NO/c1-6-8-14-11-9-12(13(11,4)5)15-10(3)7-2/h10-12,14H,6-9H2,1-5H3. The summed E-state index contributed by atoms with van der Waals surface area (Å²) in [5.74, 6) is 0. The first-order valence-corrected chi connectivity index (χ1v) is 6.41. The molecule has 0 aliphatic heterocycles. The summed E-state index contributed by atoms with van der Waals surface area (Å²) < 4.78 is 6.02. The van der Waals surface area contributed by atoms with E-state index in [0.717, 1.165) is 13.0 Å². The van der Waals surface area contributed by atoms with Gasteiger partial charge in [0.1, 0.15) is 0 Å². The molecule has 0 spiro atoms. The van der Waals surface area contributed by atoms with Crippen molar-refractivity contribution in [3.63, 3.8) is 0 Å². The number of rotatable bonds is 6. The Kier molecular flexibility index (Phi) is 4.60. The molecule has 1 N–H and O–H groups in total. The molecule has 0 aromatic heterocycles. The smallest absolute Gasteiger partial charge is 0.0659 e. The maximum Gasteiger partial charge on any atom is 0.0659 e. The van der Waals surface area contributed by atoms with Crippen LogP contribution < -0.4 is 5.32 Å². The van der Waals surface area contributed by atoms with Gasteiger partial charge in [0, 0.05) is 11.5 Å². The third kappa shape index (κ3) is 2.94. The predicted molar refractivity (Wildman–Crippen MR) is 65.1 cm³/mol. The largest absolute Gasteiger partial charge is 0.375 e. The zero-order valence-corrected chi connectivity index (χ0v) is 11.0. The van der Waals surface area contributed by atoms with Crippen LogP contribution in [0.3, 0.4) is 0 Å². The van der Waals surface area contributed by atoms with Crippen LogP contribution in [0.5, 0.6) is 0 Å². The Labute approximate surface area is 94.8 Å². The van der Waals surface area contributed by atoms with Crippen molar-refractivity contribution in [1.29, 1.82) is 0 Å². The van der Waals surface area contributed by atoms with Crippen LogP contribution >= 0.6 is 0 Å². The number of nitrogens with one attached hydrogen (secondary N) is 1. The van der Waals surface area contributed by atoms with Crippen LogP contribution in [0.4, 0.5) is 0 Å². The average molecular weight is 213 g/mol. The van der Waals surface area contributed by atoms with Crippen LogP contribution in [-0.2, 0) is 4.74 Å². The van der Waals surface area contributed by atoms with Crippen molar-refractivity contribution in [1.82, 2.24) is 5.32 Å². The van der Waals surface area contributed by atoms with E-state index in [2.05, 4.69) is 39.9 Å². The molecule has 1 fully saturated rings. The minimum absolute atomic E-state index is 0.304. The summed E-state index contributed by atoms with van der Waals surface area (Å²) in [5, 5.41) is 3.60. The highest BCUT2D eigenvalue weighted by molar-refractivity contribution is 5.02. The predicted octanol–water partition coefficient (Wildman–Crippen LogP) is 2.97. The van der Waals surface area contributed by atoms with Gasteiger partial charge in [-0.05, 0) is 32.7 Å². The molecule has 0 bridgehead atoms. The lowest BCUT2D eigenvalue weighted by Gasteiger charge is -2.52. The van der Waals surface area contributed by atoms with Gasteiger partial charge in [-0.3, -0.25) is 0 Å². The zero-order valence-electron chi connectivity index (χ0n) is 11.0. The quantitative estimate of drug-likeness (QED) is 0.732. The molecule has 1 saturated carbocycles. The van der Waals surface area contributed by atoms with Crippen molar-refractivity contribution in [3.05, 3.63) is 0 Å². The second-order valence-corrected chi connectivity index (χ2v) is 5.41. The van der Waals surface area contributed by atoms with Crippen molar-refractivity contribution in [2.24, 2.45) is 5.41 Å². The van der Waals surface area contributed by atoms with Gasteiger partial charge in [0.15, 0.2) is 0 Å². The van der Waals surface area contributed by atoms with Crippen molar-refractivity contribution < 1.29 is 4.74 Å². The summed E-state index contributed by atoms with van der Waals surface area (Å²) in [6.45, 7) is 12.3. The van der Waals surface area contributed by atoms with E-state index in [0.29, 0.717) is 23.7 Å². The minimum atomic E-state index is 0.304. The summed E-state index contributed by atoms with van der Waals surface area (Å²) in [5.41, 5.74) is 0.304. The molecule has 1 aliphatic carbocycles. The van der Waals surface area contributed by atoms with Crippen molar-refractivity contribution in [2.45, 2.75) is 72.1 Å². The van der Waals surface area contributed by atoms with Gasteiger partial charge >= 0.3 is 0 Å². The fourth-order valence-electron chi connectivity index (χ4n) is 2.16. The lowest BCUT2D eigenvalue weighted by molar-refractivity contribution is -0.143. The molecule has 0 aromatic carbocycles. The first-order chi connectivity index (χ1) is 7.02. The van der Waals surface area contributed by atoms with Gasteiger partial charge in [0.25, 0.3) is 0 Å². The Morgan fingerprint density at radius 2 is 2.07 bits per heavy atom. The summed E-state index contributed by atoms with van der Waals surface area (Å²) >= 11 is 0. The molecule has 2 heteroatoms. The van der Waals surface area contributed by atoms with E-state index in [1.54, 1.807) is 0 Å². The van der Waals surface area contributed by atoms with Crippen LogP contribution in [-0.4, -0.2) is 24.8 Å². The van der Waals surface area contributed by atoms with Crippen LogP contribution in [0.15, 0.2) is 0 Å². The molecule has 0 aromatic rings. The summed E-state index contributed by atoms with van der Waals surface area (Å²) in [6.07, 6.45) is 4.35. The van der Waals surface area contributed by atoms with Gasteiger partial charge < -0.3 is 10.1 Å². The molecule has 0 saturated heterocycles. The topological polar surface area (TPSA) is 21.3 Å². The second-order valence-electron chi connectivity index (χ2n) is 5.41. The van der Waals surface area contributed by atoms with Gasteiger partial charge in [-0.1, -0.05) is 27.7 Å². The second kappa shape index (κ2) is 5.31. The Bertz CT molecular complexity index is 191. The van der Waals surface area contributed by atoms with Crippen LogP contribution in [0.1, 0.15) is 53.9 Å². The highest BCUT2D eigenvalue weighted by Crippen LogP contribution is 2.43. The molecular formula is C13H27NO. The van der Waals surface area contributed by atoms with E-state index < -0.39 is 0 Å². The number of ether oxygens (including phenoxy) is 1. The fraction of sp³-hybridized carbons (Fsp3) is 1.00. The van der Waals surface area contributed by atoms with Gasteiger partial charge in [0.05, 0.1) is 12.2 Å². The van der Waals surface area contributed by atoms with Crippen molar-refractivity contribution in [2.75, 3.05) is 6.54 Å². The van der Waals surface area contributed by atoms with Crippen LogP contribution in [0.25, 0.3) is 0 Å². The monoisotopic (exact) mass is 213 g/mol. The molecule has 15 heavy (non-hydrogen) atoms. The first kappa shape index (κ1) is 13.0. The average Bonchev–Trinajstić information content (AvgIpc) is 2.21.